The number of carbonyl (C=O) groups is 2. The minimum Gasteiger partial charge on any atom is -0.497 e. The van der Waals surface area contributed by atoms with Gasteiger partial charge in [-0.2, -0.15) is 0 Å². The van der Waals surface area contributed by atoms with E-state index >= 15 is 0 Å². The summed E-state index contributed by atoms with van der Waals surface area (Å²) in [6.07, 6.45) is 1.28. The molecule has 28 heavy (non-hydrogen) atoms. The summed E-state index contributed by atoms with van der Waals surface area (Å²) >= 11 is 1.42. The van der Waals surface area contributed by atoms with E-state index in [0.29, 0.717) is 23.6 Å². The third-order valence-corrected chi connectivity index (χ3v) is 4.99. The Morgan fingerprint density at radius 3 is 2.29 bits per heavy atom. The molecule has 1 unspecified atom stereocenters. The molecular weight excluding hydrogens is 376 g/mol. The first kappa shape index (κ1) is 21.6. The van der Waals surface area contributed by atoms with Crippen LogP contribution in [-0.2, 0) is 9.59 Å². The molecule has 0 saturated carbocycles. The monoisotopic (exact) mass is 402 g/mol. The maximum atomic E-state index is 12.6. The predicted molar refractivity (Wildman–Crippen MR) is 113 cm³/mol. The maximum absolute atomic E-state index is 12.6. The predicted octanol–water partition coefficient (Wildman–Crippen LogP) is 4.56. The molecule has 0 fully saturated rings. The molecule has 2 aromatic rings. The zero-order chi connectivity index (χ0) is 20.5. The van der Waals surface area contributed by atoms with Crippen LogP contribution in [0.3, 0.4) is 0 Å². The van der Waals surface area contributed by atoms with Gasteiger partial charge >= 0.3 is 0 Å². The number of ether oxygens (including phenoxy) is 2. The zero-order valence-electron chi connectivity index (χ0n) is 16.6. The first-order chi connectivity index (χ1) is 13.4. The van der Waals surface area contributed by atoms with Crippen molar-refractivity contribution in [3.63, 3.8) is 0 Å². The molecule has 0 aromatic heterocycles. The van der Waals surface area contributed by atoms with Gasteiger partial charge in [0, 0.05) is 40.9 Å². The van der Waals surface area contributed by atoms with Crippen molar-refractivity contribution in [3.8, 4) is 11.5 Å². The van der Waals surface area contributed by atoms with Crippen molar-refractivity contribution < 1.29 is 19.1 Å². The largest absolute Gasteiger partial charge is 0.497 e. The van der Waals surface area contributed by atoms with E-state index in [2.05, 4.69) is 10.6 Å². The molecule has 0 aliphatic carbocycles. The Hall–Kier alpha value is -2.67. The molecule has 150 valence electrons. The topological polar surface area (TPSA) is 76.7 Å². The number of nitrogens with one attached hydrogen (secondary N) is 2. The first-order valence-electron chi connectivity index (χ1n) is 9.05. The fourth-order valence-corrected chi connectivity index (χ4v) is 3.41. The van der Waals surface area contributed by atoms with Crippen molar-refractivity contribution in [2.24, 2.45) is 0 Å². The highest BCUT2D eigenvalue weighted by Gasteiger charge is 2.16. The molecule has 2 aromatic carbocycles. The number of rotatable bonds is 9. The molecule has 7 heteroatoms. The summed E-state index contributed by atoms with van der Waals surface area (Å²) < 4.78 is 10.5. The average molecular weight is 403 g/mol. The lowest BCUT2D eigenvalue weighted by molar-refractivity contribution is -0.116. The van der Waals surface area contributed by atoms with Crippen molar-refractivity contribution >= 4 is 35.0 Å². The summed E-state index contributed by atoms with van der Waals surface area (Å²) in [5.41, 5.74) is 1.34. The van der Waals surface area contributed by atoms with E-state index in [-0.39, 0.29) is 17.1 Å². The van der Waals surface area contributed by atoms with E-state index in [1.165, 1.54) is 11.8 Å². The molecule has 0 aliphatic rings. The fraction of sp³-hybridized carbons (Fsp3) is 0.333. The Morgan fingerprint density at radius 2 is 1.68 bits per heavy atom. The van der Waals surface area contributed by atoms with Crippen molar-refractivity contribution in [2.75, 3.05) is 24.9 Å². The highest BCUT2D eigenvalue weighted by Crippen LogP contribution is 2.29. The van der Waals surface area contributed by atoms with Crippen molar-refractivity contribution in [1.82, 2.24) is 0 Å². The number of hydrogen-bond acceptors (Lipinski definition) is 5. The summed E-state index contributed by atoms with van der Waals surface area (Å²) in [7, 11) is 3.12. The molecule has 0 spiro atoms. The van der Waals surface area contributed by atoms with Gasteiger partial charge in [-0.05, 0) is 31.5 Å². The molecule has 2 amide bonds. The summed E-state index contributed by atoms with van der Waals surface area (Å²) in [5, 5.41) is 5.42. The number of methoxy groups -OCH3 is 2. The average Bonchev–Trinajstić information content (AvgIpc) is 2.67. The van der Waals surface area contributed by atoms with Gasteiger partial charge in [-0.3, -0.25) is 9.59 Å². The molecule has 0 saturated heterocycles. The molecule has 1 atom stereocenters. The number of hydrogen-bond donors (Lipinski definition) is 2. The van der Waals surface area contributed by atoms with Crippen LogP contribution in [0.15, 0.2) is 47.4 Å². The Balaban J connectivity index is 2.01. The summed E-state index contributed by atoms with van der Waals surface area (Å²) in [4.78, 5) is 25.2. The molecular formula is C21H26N2O4S. The Morgan fingerprint density at radius 1 is 1.00 bits per heavy atom. The van der Waals surface area contributed by atoms with E-state index in [1.54, 1.807) is 32.4 Å². The highest BCUT2D eigenvalue weighted by molar-refractivity contribution is 8.00. The lowest BCUT2D eigenvalue weighted by Crippen LogP contribution is -2.22. The zero-order valence-corrected chi connectivity index (χ0v) is 17.4. The lowest BCUT2D eigenvalue weighted by atomic mass is 10.2. The van der Waals surface area contributed by atoms with E-state index < -0.39 is 0 Å². The highest BCUT2D eigenvalue weighted by atomic mass is 32.2. The lowest BCUT2D eigenvalue weighted by Gasteiger charge is -2.14. The quantitative estimate of drug-likeness (QED) is 0.601. The van der Waals surface area contributed by atoms with Gasteiger partial charge in [0.05, 0.1) is 19.5 Å². The Kier molecular flexibility index (Phi) is 8.19. The standard InChI is InChI=1S/C21H26N2O4S/c1-5-7-20(24)22-15-8-6-9-19(12-15)28-14(2)21(25)23-16-10-17(26-3)13-18(11-16)27-4/h6,8-14H,5,7H2,1-4H3,(H,22,24)(H,23,25). The smallest absolute Gasteiger partial charge is 0.237 e. The van der Waals surface area contributed by atoms with Crippen LogP contribution in [0.5, 0.6) is 11.5 Å². The van der Waals surface area contributed by atoms with E-state index in [1.807, 2.05) is 38.1 Å². The van der Waals surface area contributed by atoms with Gasteiger partial charge in [-0.1, -0.05) is 13.0 Å². The second kappa shape index (κ2) is 10.6. The first-order valence-corrected chi connectivity index (χ1v) is 9.93. The van der Waals surface area contributed by atoms with Gasteiger partial charge in [0.25, 0.3) is 0 Å². The second-order valence-corrected chi connectivity index (χ2v) is 7.59. The van der Waals surface area contributed by atoms with Crippen molar-refractivity contribution in [3.05, 3.63) is 42.5 Å². The summed E-state index contributed by atoms with van der Waals surface area (Å²) in [6, 6.07) is 12.7. The molecule has 0 bridgehead atoms. The van der Waals surface area contributed by atoms with Gasteiger partial charge < -0.3 is 20.1 Å². The van der Waals surface area contributed by atoms with E-state index in [4.69, 9.17) is 9.47 Å². The van der Waals surface area contributed by atoms with E-state index in [9.17, 15) is 9.59 Å². The fourth-order valence-electron chi connectivity index (χ4n) is 2.48. The number of amides is 2. The van der Waals surface area contributed by atoms with Gasteiger partial charge in [0.2, 0.25) is 11.8 Å². The normalized spacial score (nSPS) is 11.4. The van der Waals surface area contributed by atoms with Crippen LogP contribution in [0.25, 0.3) is 0 Å². The van der Waals surface area contributed by atoms with Gasteiger partial charge in [-0.15, -0.1) is 11.8 Å². The summed E-state index contributed by atoms with van der Waals surface area (Å²) in [6.45, 7) is 3.80. The second-order valence-electron chi connectivity index (χ2n) is 6.18. The van der Waals surface area contributed by atoms with Crippen LogP contribution in [0.4, 0.5) is 11.4 Å². The summed E-state index contributed by atoms with van der Waals surface area (Å²) in [5.74, 6) is 1.05. The molecule has 2 N–H and O–H groups in total. The third kappa shape index (κ3) is 6.49. The van der Waals surface area contributed by atoms with Crippen molar-refractivity contribution in [2.45, 2.75) is 36.8 Å². The van der Waals surface area contributed by atoms with Crippen molar-refractivity contribution in [1.29, 1.82) is 0 Å². The van der Waals surface area contributed by atoms with Gasteiger partial charge in [-0.25, -0.2) is 0 Å². The van der Waals surface area contributed by atoms with Crippen LogP contribution >= 0.6 is 11.8 Å². The number of carbonyl (C=O) groups excluding carboxylic acids is 2. The van der Waals surface area contributed by atoms with Crippen LogP contribution in [-0.4, -0.2) is 31.3 Å². The van der Waals surface area contributed by atoms with Gasteiger partial charge in [0.1, 0.15) is 11.5 Å². The minimum absolute atomic E-state index is 0.0117. The molecule has 0 aliphatic heterocycles. The van der Waals surface area contributed by atoms with E-state index in [0.717, 1.165) is 17.0 Å². The minimum atomic E-state index is -0.334. The molecule has 0 heterocycles. The maximum Gasteiger partial charge on any atom is 0.237 e. The number of thioether (sulfide) groups is 1. The number of anilines is 2. The van der Waals surface area contributed by atoms with Crippen LogP contribution in [0.1, 0.15) is 26.7 Å². The Bertz CT molecular complexity index is 804. The molecule has 0 radical (unpaired) electrons. The molecule has 6 nitrogen and oxygen atoms in total. The van der Waals surface area contributed by atoms with Crippen LogP contribution < -0.4 is 20.1 Å². The SMILES string of the molecule is CCCC(=O)Nc1cccc(SC(C)C(=O)Nc2cc(OC)cc(OC)c2)c1. The third-order valence-electron chi connectivity index (χ3n) is 3.90. The van der Waals surface area contributed by atoms with Gasteiger partial charge in [0.15, 0.2) is 0 Å². The van der Waals surface area contributed by atoms with Crippen LogP contribution in [0, 0.1) is 0 Å². The molecule has 2 rings (SSSR count). The van der Waals surface area contributed by atoms with Crippen LogP contribution in [0.2, 0.25) is 0 Å². The Labute approximate surface area is 170 Å². The number of benzene rings is 2.